The second-order valence-electron chi connectivity index (χ2n) is 7.75. The van der Waals surface area contributed by atoms with Crippen molar-refractivity contribution >= 4 is 23.1 Å². The molecule has 10 heteroatoms. The maximum atomic E-state index is 13.0. The molecule has 3 aromatic rings. The topological polar surface area (TPSA) is 83.9 Å². The maximum Gasteiger partial charge on any atom is 0.422 e. The molecule has 2 N–H and O–H groups in total. The summed E-state index contributed by atoms with van der Waals surface area (Å²) >= 11 is 0. The molecule has 1 amide bonds. The van der Waals surface area contributed by atoms with Crippen molar-refractivity contribution in [1.29, 1.82) is 0 Å². The first-order valence-corrected chi connectivity index (χ1v) is 10.4. The highest BCUT2D eigenvalue weighted by Crippen LogP contribution is 2.41. The van der Waals surface area contributed by atoms with Gasteiger partial charge in [-0.15, -0.1) is 0 Å². The predicted octanol–water partition coefficient (Wildman–Crippen LogP) is 4.47. The number of nitrogens with one attached hydrogen (secondary N) is 1. The number of carbonyl (C=O) groups excluding carboxylic acids is 1. The lowest BCUT2D eigenvalue weighted by Gasteiger charge is -2.37. The van der Waals surface area contributed by atoms with E-state index in [-0.39, 0.29) is 30.6 Å². The van der Waals surface area contributed by atoms with Crippen LogP contribution in [0.4, 0.5) is 30.4 Å². The number of aliphatic hydroxyl groups is 1. The van der Waals surface area contributed by atoms with Gasteiger partial charge in [-0.25, -0.2) is 4.98 Å². The van der Waals surface area contributed by atoms with Gasteiger partial charge in [0, 0.05) is 11.9 Å². The molecule has 1 aliphatic rings. The lowest BCUT2D eigenvalue weighted by molar-refractivity contribution is -0.153. The molecule has 1 unspecified atom stereocenters. The summed E-state index contributed by atoms with van der Waals surface area (Å²) in [6.45, 7) is 0.501. The van der Waals surface area contributed by atoms with Crippen LogP contribution in [-0.4, -0.2) is 48.0 Å². The number of halogens is 3. The number of rotatable bonds is 6. The van der Waals surface area contributed by atoms with Crippen molar-refractivity contribution in [3.05, 3.63) is 71.9 Å². The number of aromatic nitrogens is 1. The third-order valence-electron chi connectivity index (χ3n) is 5.15. The monoisotopic (exact) mass is 473 g/mol. The van der Waals surface area contributed by atoms with E-state index in [1.54, 1.807) is 24.4 Å². The molecule has 1 aromatic heterocycles. The Bertz CT molecular complexity index is 1150. The summed E-state index contributed by atoms with van der Waals surface area (Å²) < 4.78 is 47.5. The molecule has 2 heterocycles. The van der Waals surface area contributed by atoms with Crippen LogP contribution < -0.4 is 19.7 Å². The molecule has 0 aliphatic carbocycles. The molecule has 2 aromatic carbocycles. The Morgan fingerprint density at radius 1 is 1.21 bits per heavy atom. The fourth-order valence-corrected chi connectivity index (χ4v) is 3.54. The van der Waals surface area contributed by atoms with Crippen LogP contribution in [0.5, 0.6) is 11.5 Å². The third kappa shape index (κ3) is 5.23. The van der Waals surface area contributed by atoms with E-state index in [4.69, 9.17) is 4.74 Å². The van der Waals surface area contributed by atoms with Gasteiger partial charge in [-0.2, -0.15) is 13.2 Å². The number of ether oxygens (including phenoxy) is 2. The van der Waals surface area contributed by atoms with Crippen LogP contribution in [0.3, 0.4) is 0 Å². The van der Waals surface area contributed by atoms with Gasteiger partial charge in [0.15, 0.2) is 12.4 Å². The molecular formula is C24H22F3N3O4. The number of carbonyl (C=O) groups is 1. The van der Waals surface area contributed by atoms with E-state index < -0.39 is 18.7 Å². The van der Waals surface area contributed by atoms with E-state index in [1.165, 1.54) is 24.3 Å². The fraction of sp³-hybridized carbons (Fsp3) is 0.250. The average Bonchev–Trinajstić information content (AvgIpc) is 2.82. The molecular weight excluding hydrogens is 451 g/mol. The normalized spacial score (nSPS) is 15.3. The largest absolute Gasteiger partial charge is 0.488 e. The summed E-state index contributed by atoms with van der Waals surface area (Å²) in [6, 6.07) is 14.0. The highest BCUT2D eigenvalue weighted by atomic mass is 19.4. The van der Waals surface area contributed by atoms with Crippen molar-refractivity contribution in [1.82, 2.24) is 4.98 Å². The van der Waals surface area contributed by atoms with Crippen LogP contribution >= 0.6 is 0 Å². The van der Waals surface area contributed by atoms with Gasteiger partial charge in [0.25, 0.3) is 5.91 Å². The molecule has 0 radical (unpaired) electrons. The Kier molecular flexibility index (Phi) is 6.60. The number of para-hydroxylation sites is 1. The van der Waals surface area contributed by atoms with E-state index in [1.807, 2.05) is 24.0 Å². The Balaban J connectivity index is 1.56. The minimum atomic E-state index is -4.43. The summed E-state index contributed by atoms with van der Waals surface area (Å²) in [4.78, 5) is 19.3. The molecule has 0 saturated heterocycles. The Morgan fingerprint density at radius 3 is 2.62 bits per heavy atom. The van der Waals surface area contributed by atoms with Crippen LogP contribution in [0.25, 0.3) is 0 Å². The van der Waals surface area contributed by atoms with Gasteiger partial charge in [-0.05, 0) is 55.0 Å². The molecule has 0 fully saturated rings. The van der Waals surface area contributed by atoms with E-state index in [0.717, 1.165) is 5.56 Å². The number of nitrogens with zero attached hydrogens (tertiary/aromatic N) is 2. The SMILES string of the molecule is Cc1ccc(N2c3cccc(C(=O)Nc4ccc(OCC(F)(F)F)cc4)c3OCC2CO)nc1. The summed E-state index contributed by atoms with van der Waals surface area (Å²) in [5, 5.41) is 12.6. The lowest BCUT2D eigenvalue weighted by Crippen LogP contribution is -2.43. The highest BCUT2D eigenvalue weighted by molar-refractivity contribution is 6.07. The molecule has 1 aliphatic heterocycles. The molecule has 34 heavy (non-hydrogen) atoms. The Hall–Kier alpha value is -3.79. The van der Waals surface area contributed by atoms with Crippen LogP contribution in [0.2, 0.25) is 0 Å². The second kappa shape index (κ2) is 9.60. The van der Waals surface area contributed by atoms with Crippen molar-refractivity contribution in [2.45, 2.75) is 19.1 Å². The van der Waals surface area contributed by atoms with Crippen LogP contribution in [0.1, 0.15) is 15.9 Å². The van der Waals surface area contributed by atoms with Crippen LogP contribution in [-0.2, 0) is 0 Å². The summed E-state index contributed by atoms with van der Waals surface area (Å²) in [7, 11) is 0. The van der Waals surface area contributed by atoms with Crippen molar-refractivity contribution in [3.8, 4) is 11.5 Å². The number of hydrogen-bond donors (Lipinski definition) is 2. The number of amides is 1. The number of anilines is 3. The molecule has 0 saturated carbocycles. The minimum absolute atomic E-state index is 0.0343. The maximum absolute atomic E-state index is 13.0. The van der Waals surface area contributed by atoms with Crippen molar-refractivity contribution in [3.63, 3.8) is 0 Å². The minimum Gasteiger partial charge on any atom is -0.488 e. The lowest BCUT2D eigenvalue weighted by atomic mass is 10.1. The van der Waals surface area contributed by atoms with Crippen molar-refractivity contribution in [2.24, 2.45) is 0 Å². The number of alkyl halides is 3. The fourth-order valence-electron chi connectivity index (χ4n) is 3.54. The Labute approximate surface area is 193 Å². The zero-order chi connectivity index (χ0) is 24.3. The van der Waals surface area contributed by atoms with Gasteiger partial charge in [0.05, 0.1) is 23.9 Å². The zero-order valence-corrected chi connectivity index (χ0v) is 18.2. The number of fused-ring (bicyclic) bond motifs is 1. The van der Waals surface area contributed by atoms with Gasteiger partial charge < -0.3 is 24.8 Å². The zero-order valence-electron chi connectivity index (χ0n) is 18.2. The Morgan fingerprint density at radius 2 is 1.97 bits per heavy atom. The molecule has 0 bridgehead atoms. The molecule has 1 atom stereocenters. The molecule has 0 spiro atoms. The first kappa shape index (κ1) is 23.4. The van der Waals surface area contributed by atoms with Crippen molar-refractivity contribution in [2.75, 3.05) is 30.0 Å². The van der Waals surface area contributed by atoms with Crippen molar-refractivity contribution < 1.29 is 32.5 Å². The number of aliphatic hydroxyl groups excluding tert-OH is 1. The number of pyridine rings is 1. The van der Waals surface area contributed by atoms with E-state index >= 15 is 0 Å². The predicted molar refractivity (Wildman–Crippen MR) is 120 cm³/mol. The van der Waals surface area contributed by atoms with E-state index in [2.05, 4.69) is 15.0 Å². The average molecular weight is 473 g/mol. The quantitative estimate of drug-likeness (QED) is 0.550. The number of aryl methyl sites for hydroxylation is 1. The van der Waals surface area contributed by atoms with E-state index in [0.29, 0.717) is 22.9 Å². The second-order valence-corrected chi connectivity index (χ2v) is 7.75. The highest BCUT2D eigenvalue weighted by Gasteiger charge is 2.32. The standard InChI is InChI=1S/C24H22F3N3O4/c1-15-5-10-21(28-11-15)30-17(12-31)13-33-22-19(3-2-4-20(22)30)23(32)29-16-6-8-18(9-7-16)34-14-24(25,26)27/h2-11,17,31H,12-14H2,1H3,(H,29,32). The molecule has 4 rings (SSSR count). The van der Waals surface area contributed by atoms with Gasteiger partial charge in [-0.3, -0.25) is 4.79 Å². The summed E-state index contributed by atoms with van der Waals surface area (Å²) in [5.74, 6) is 0.533. The third-order valence-corrected chi connectivity index (χ3v) is 5.15. The number of hydrogen-bond acceptors (Lipinski definition) is 6. The smallest absolute Gasteiger partial charge is 0.422 e. The molecule has 178 valence electrons. The van der Waals surface area contributed by atoms with Gasteiger partial charge in [0.2, 0.25) is 0 Å². The summed E-state index contributed by atoms with van der Waals surface area (Å²) in [5.41, 5.74) is 2.22. The first-order chi connectivity index (χ1) is 16.2. The summed E-state index contributed by atoms with van der Waals surface area (Å²) in [6.07, 6.45) is -2.71. The van der Waals surface area contributed by atoms with Gasteiger partial charge >= 0.3 is 6.18 Å². The van der Waals surface area contributed by atoms with Gasteiger partial charge in [0.1, 0.15) is 18.2 Å². The first-order valence-electron chi connectivity index (χ1n) is 10.4. The van der Waals surface area contributed by atoms with Gasteiger partial charge in [-0.1, -0.05) is 12.1 Å². The van der Waals surface area contributed by atoms with E-state index in [9.17, 15) is 23.1 Å². The number of benzene rings is 2. The van der Waals surface area contributed by atoms with Crippen LogP contribution in [0.15, 0.2) is 60.8 Å². The van der Waals surface area contributed by atoms with Crippen LogP contribution in [0, 0.1) is 6.92 Å². The molecule has 7 nitrogen and oxygen atoms in total.